The summed E-state index contributed by atoms with van der Waals surface area (Å²) in [4.78, 5) is 0.0989. The van der Waals surface area contributed by atoms with Gasteiger partial charge < -0.3 is 4.74 Å². The number of benzene rings is 2. The van der Waals surface area contributed by atoms with Crippen molar-refractivity contribution in [2.45, 2.75) is 25.7 Å². The molecule has 6 heteroatoms. The van der Waals surface area contributed by atoms with E-state index in [2.05, 4.69) is 4.72 Å². The number of hydrogen-bond acceptors (Lipinski definition) is 3. The zero-order valence-electron chi connectivity index (χ0n) is 12.7. The first-order valence-electron chi connectivity index (χ1n) is 6.86. The van der Waals surface area contributed by atoms with Gasteiger partial charge in [-0.15, -0.1) is 0 Å². The average Bonchev–Trinajstić information content (AvgIpc) is 2.46. The van der Waals surface area contributed by atoms with E-state index >= 15 is 0 Å². The van der Waals surface area contributed by atoms with Gasteiger partial charge in [-0.2, -0.15) is 0 Å². The van der Waals surface area contributed by atoms with Crippen molar-refractivity contribution in [2.75, 3.05) is 11.3 Å². The van der Waals surface area contributed by atoms with Crippen molar-refractivity contribution in [3.8, 4) is 5.75 Å². The van der Waals surface area contributed by atoms with Gasteiger partial charge in [-0.05, 0) is 56.2 Å². The van der Waals surface area contributed by atoms with E-state index in [9.17, 15) is 8.42 Å². The van der Waals surface area contributed by atoms with Crippen LogP contribution in [0.4, 0.5) is 5.69 Å². The number of anilines is 1. The van der Waals surface area contributed by atoms with Gasteiger partial charge in [0, 0.05) is 0 Å². The highest BCUT2D eigenvalue weighted by Crippen LogP contribution is 2.29. The molecule has 2 aromatic carbocycles. The topological polar surface area (TPSA) is 55.4 Å². The number of nitrogens with one attached hydrogen (secondary N) is 1. The minimum absolute atomic E-state index is 0.0989. The van der Waals surface area contributed by atoms with Gasteiger partial charge in [-0.1, -0.05) is 23.7 Å². The second kappa shape index (κ2) is 6.58. The van der Waals surface area contributed by atoms with E-state index in [0.717, 1.165) is 11.1 Å². The molecular formula is C16H18ClNO3S. The summed E-state index contributed by atoms with van der Waals surface area (Å²) in [5.74, 6) is 0.467. The maximum Gasteiger partial charge on any atom is 0.261 e. The first-order valence-corrected chi connectivity index (χ1v) is 8.72. The normalized spacial score (nSPS) is 11.3. The molecule has 0 radical (unpaired) electrons. The van der Waals surface area contributed by atoms with Crippen molar-refractivity contribution in [1.82, 2.24) is 0 Å². The molecule has 0 heterocycles. The van der Waals surface area contributed by atoms with Gasteiger partial charge in [-0.3, -0.25) is 4.72 Å². The quantitative estimate of drug-likeness (QED) is 0.890. The molecule has 4 nitrogen and oxygen atoms in total. The number of ether oxygens (including phenoxy) is 1. The van der Waals surface area contributed by atoms with Crippen LogP contribution in [0.2, 0.25) is 5.02 Å². The van der Waals surface area contributed by atoms with Crippen molar-refractivity contribution < 1.29 is 13.2 Å². The molecule has 0 aromatic heterocycles. The van der Waals surface area contributed by atoms with Gasteiger partial charge in [0.1, 0.15) is 5.75 Å². The molecule has 0 amide bonds. The van der Waals surface area contributed by atoms with Crippen LogP contribution >= 0.6 is 11.6 Å². The Morgan fingerprint density at radius 2 is 1.91 bits per heavy atom. The summed E-state index contributed by atoms with van der Waals surface area (Å²) in [6.45, 7) is 6.11. The number of aryl methyl sites for hydroxylation is 1. The first-order chi connectivity index (χ1) is 10.3. The van der Waals surface area contributed by atoms with E-state index in [1.54, 1.807) is 12.1 Å². The third-order valence-corrected chi connectivity index (χ3v) is 5.02. The highest BCUT2D eigenvalue weighted by atomic mass is 35.5. The Morgan fingerprint density at radius 3 is 2.55 bits per heavy atom. The predicted octanol–water partition coefficient (Wildman–Crippen LogP) is 4.16. The molecule has 2 rings (SSSR count). The molecule has 0 aliphatic carbocycles. The second-order valence-electron chi connectivity index (χ2n) is 4.88. The summed E-state index contributed by atoms with van der Waals surface area (Å²) in [5, 5.41) is 0.269. The van der Waals surface area contributed by atoms with E-state index in [1.165, 1.54) is 12.1 Å². The molecule has 0 aliphatic rings. The Labute approximate surface area is 136 Å². The second-order valence-corrected chi connectivity index (χ2v) is 6.97. The largest absolute Gasteiger partial charge is 0.492 e. The fourth-order valence-electron chi connectivity index (χ4n) is 1.99. The number of rotatable bonds is 5. The van der Waals surface area contributed by atoms with Crippen molar-refractivity contribution in [3.05, 3.63) is 52.5 Å². The van der Waals surface area contributed by atoms with Crippen molar-refractivity contribution in [3.63, 3.8) is 0 Å². The highest BCUT2D eigenvalue weighted by Gasteiger charge is 2.17. The van der Waals surface area contributed by atoms with Crippen LogP contribution < -0.4 is 9.46 Å². The van der Waals surface area contributed by atoms with Gasteiger partial charge >= 0.3 is 0 Å². The summed E-state index contributed by atoms with van der Waals surface area (Å²) in [7, 11) is -3.70. The molecule has 1 N–H and O–H groups in total. The molecule has 0 unspecified atom stereocenters. The number of halogens is 1. The lowest BCUT2D eigenvalue weighted by Crippen LogP contribution is -2.14. The minimum atomic E-state index is -3.70. The van der Waals surface area contributed by atoms with Crippen LogP contribution in [0.15, 0.2) is 41.3 Å². The molecule has 0 saturated carbocycles. The third-order valence-electron chi connectivity index (χ3n) is 3.36. The third kappa shape index (κ3) is 3.54. The minimum Gasteiger partial charge on any atom is -0.492 e. The molecule has 0 spiro atoms. The lowest BCUT2D eigenvalue weighted by molar-refractivity contribution is 0.340. The maximum atomic E-state index is 12.5. The van der Waals surface area contributed by atoms with Crippen LogP contribution in [0.5, 0.6) is 5.75 Å². The zero-order chi connectivity index (χ0) is 16.3. The predicted molar refractivity (Wildman–Crippen MR) is 89.3 cm³/mol. The van der Waals surface area contributed by atoms with Gasteiger partial charge in [0.15, 0.2) is 0 Å². The van der Waals surface area contributed by atoms with Crippen LogP contribution in [0, 0.1) is 13.8 Å². The molecule has 0 fully saturated rings. The first kappa shape index (κ1) is 16.6. The Bertz CT molecular complexity index is 788. The van der Waals surface area contributed by atoms with E-state index < -0.39 is 10.0 Å². The molecule has 0 saturated heterocycles. The standard InChI is InChI=1S/C16H18ClNO3S/c1-4-21-16-9-8-13(10-14(16)17)22(19,20)18-15-7-5-6-11(2)12(15)3/h5-10,18H,4H2,1-3H3. The zero-order valence-corrected chi connectivity index (χ0v) is 14.3. The van der Waals surface area contributed by atoms with Crippen LogP contribution in [0.3, 0.4) is 0 Å². The van der Waals surface area contributed by atoms with E-state index in [1.807, 2.05) is 32.9 Å². The van der Waals surface area contributed by atoms with Gasteiger partial charge in [0.25, 0.3) is 10.0 Å². The highest BCUT2D eigenvalue weighted by molar-refractivity contribution is 7.92. The fraction of sp³-hybridized carbons (Fsp3) is 0.250. The van der Waals surface area contributed by atoms with Crippen molar-refractivity contribution in [2.24, 2.45) is 0 Å². The molecule has 22 heavy (non-hydrogen) atoms. The Morgan fingerprint density at radius 1 is 1.18 bits per heavy atom. The molecule has 0 bridgehead atoms. The monoisotopic (exact) mass is 339 g/mol. The van der Waals surface area contributed by atoms with Crippen molar-refractivity contribution >= 4 is 27.3 Å². The van der Waals surface area contributed by atoms with E-state index in [4.69, 9.17) is 16.3 Å². The lowest BCUT2D eigenvalue weighted by Gasteiger charge is -2.13. The smallest absolute Gasteiger partial charge is 0.261 e. The van der Waals surface area contributed by atoms with Gasteiger partial charge in [0.05, 0.1) is 22.2 Å². The SMILES string of the molecule is CCOc1ccc(S(=O)(=O)Nc2cccc(C)c2C)cc1Cl. The lowest BCUT2D eigenvalue weighted by atomic mass is 10.1. The van der Waals surface area contributed by atoms with Crippen LogP contribution in [0.25, 0.3) is 0 Å². The maximum absolute atomic E-state index is 12.5. The number of hydrogen-bond donors (Lipinski definition) is 1. The van der Waals surface area contributed by atoms with Gasteiger partial charge in [0.2, 0.25) is 0 Å². The van der Waals surface area contributed by atoms with Crippen molar-refractivity contribution in [1.29, 1.82) is 0 Å². The Kier molecular flexibility index (Phi) is 4.98. The summed E-state index contributed by atoms with van der Waals surface area (Å²) < 4.78 is 32.9. The fourth-order valence-corrected chi connectivity index (χ4v) is 3.44. The molecule has 2 aromatic rings. The molecular weight excluding hydrogens is 322 g/mol. The summed E-state index contributed by atoms with van der Waals surface area (Å²) >= 11 is 6.06. The van der Waals surface area contributed by atoms with E-state index in [0.29, 0.717) is 18.0 Å². The summed E-state index contributed by atoms with van der Waals surface area (Å²) in [6.07, 6.45) is 0. The summed E-state index contributed by atoms with van der Waals surface area (Å²) in [5.41, 5.74) is 2.47. The van der Waals surface area contributed by atoms with Gasteiger partial charge in [-0.25, -0.2) is 8.42 Å². The molecule has 0 aliphatic heterocycles. The van der Waals surface area contributed by atoms with Crippen LogP contribution in [0.1, 0.15) is 18.1 Å². The molecule has 0 atom stereocenters. The summed E-state index contributed by atoms with van der Waals surface area (Å²) in [6, 6.07) is 9.90. The van der Waals surface area contributed by atoms with Crippen LogP contribution in [-0.2, 0) is 10.0 Å². The Balaban J connectivity index is 2.35. The Hall–Kier alpha value is -1.72. The molecule has 118 valence electrons. The van der Waals surface area contributed by atoms with Crippen LogP contribution in [-0.4, -0.2) is 15.0 Å². The average molecular weight is 340 g/mol. The number of sulfonamides is 1. The van der Waals surface area contributed by atoms with E-state index in [-0.39, 0.29) is 9.92 Å².